The minimum absolute atomic E-state index is 0.138. The lowest BCUT2D eigenvalue weighted by molar-refractivity contribution is 0.0783. The maximum absolute atomic E-state index is 12.9. The van der Waals surface area contributed by atoms with E-state index in [1.165, 1.54) is 5.56 Å². The molecule has 1 N–H and O–H groups in total. The molecule has 0 fully saturated rings. The van der Waals surface area contributed by atoms with E-state index in [0.29, 0.717) is 31.1 Å². The highest BCUT2D eigenvalue weighted by Gasteiger charge is 2.23. The van der Waals surface area contributed by atoms with Crippen molar-refractivity contribution in [3.63, 3.8) is 0 Å². The largest absolute Gasteiger partial charge is 0.486 e. The SMILES string of the molecule is O=C(NCC1COc2ccccc2O1)c1nc(CCc2ccccc2)n(-c2ccccc2)n1. The van der Waals surface area contributed by atoms with Gasteiger partial charge < -0.3 is 14.8 Å². The van der Waals surface area contributed by atoms with Crippen LogP contribution < -0.4 is 14.8 Å². The van der Waals surface area contributed by atoms with Crippen LogP contribution in [0.2, 0.25) is 0 Å². The van der Waals surface area contributed by atoms with Crippen LogP contribution in [0.25, 0.3) is 5.69 Å². The molecule has 0 saturated heterocycles. The maximum atomic E-state index is 12.9. The molecule has 1 aromatic heterocycles. The predicted octanol–water partition coefficient (Wildman–Crippen LogP) is 3.62. The number of aryl methyl sites for hydroxylation is 2. The molecular weight excluding hydrogens is 416 g/mol. The second-order valence-electron chi connectivity index (χ2n) is 7.79. The standard InChI is InChI=1S/C26H24N4O3/c31-26(27-17-21-18-32-22-13-7-8-14-23(22)33-21)25-28-24(16-15-19-9-3-1-4-10-19)30(29-25)20-11-5-2-6-12-20/h1-14,21H,15-18H2,(H,27,31). The molecule has 1 aliphatic heterocycles. The molecule has 1 atom stereocenters. The smallest absolute Gasteiger partial charge is 0.291 e. The number of nitrogens with zero attached hydrogens (tertiary/aromatic N) is 3. The zero-order valence-corrected chi connectivity index (χ0v) is 18.1. The van der Waals surface area contributed by atoms with Gasteiger partial charge >= 0.3 is 0 Å². The van der Waals surface area contributed by atoms with Crippen molar-refractivity contribution in [1.82, 2.24) is 20.1 Å². The first-order valence-electron chi connectivity index (χ1n) is 11.0. The van der Waals surface area contributed by atoms with Gasteiger partial charge in [-0.15, -0.1) is 5.10 Å². The van der Waals surface area contributed by atoms with E-state index in [4.69, 9.17) is 9.47 Å². The lowest BCUT2D eigenvalue weighted by atomic mass is 10.1. The van der Waals surface area contributed by atoms with Crippen LogP contribution in [0.15, 0.2) is 84.9 Å². The lowest BCUT2D eigenvalue weighted by Gasteiger charge is -2.26. The molecule has 33 heavy (non-hydrogen) atoms. The molecule has 7 heteroatoms. The summed E-state index contributed by atoms with van der Waals surface area (Å²) >= 11 is 0. The summed E-state index contributed by atoms with van der Waals surface area (Å²) < 4.78 is 13.4. The molecule has 0 bridgehead atoms. The summed E-state index contributed by atoms with van der Waals surface area (Å²) in [6, 6.07) is 27.4. The van der Waals surface area contributed by atoms with Crippen molar-refractivity contribution in [3.8, 4) is 17.2 Å². The highest BCUT2D eigenvalue weighted by Crippen LogP contribution is 2.30. The Balaban J connectivity index is 1.29. The summed E-state index contributed by atoms with van der Waals surface area (Å²) in [6.45, 7) is 0.665. The average molecular weight is 441 g/mol. The van der Waals surface area contributed by atoms with Gasteiger partial charge in [0, 0.05) is 6.42 Å². The molecule has 1 unspecified atom stereocenters. The van der Waals surface area contributed by atoms with Gasteiger partial charge in [-0.3, -0.25) is 4.79 Å². The summed E-state index contributed by atoms with van der Waals surface area (Å²) in [5.41, 5.74) is 2.08. The number of aromatic nitrogens is 3. The summed E-state index contributed by atoms with van der Waals surface area (Å²) in [7, 11) is 0. The summed E-state index contributed by atoms with van der Waals surface area (Å²) in [4.78, 5) is 17.4. The van der Waals surface area contributed by atoms with Crippen molar-refractivity contribution >= 4 is 5.91 Å². The number of fused-ring (bicyclic) bond motifs is 1. The molecule has 4 aromatic rings. The minimum Gasteiger partial charge on any atom is -0.486 e. The van der Waals surface area contributed by atoms with E-state index in [-0.39, 0.29) is 17.8 Å². The van der Waals surface area contributed by atoms with Gasteiger partial charge in [-0.2, -0.15) is 0 Å². The average Bonchev–Trinajstić information content (AvgIpc) is 3.31. The number of amides is 1. The van der Waals surface area contributed by atoms with Crippen LogP contribution in [0.5, 0.6) is 11.5 Å². The van der Waals surface area contributed by atoms with Crippen LogP contribution in [0, 0.1) is 0 Å². The van der Waals surface area contributed by atoms with Crippen molar-refractivity contribution in [3.05, 3.63) is 102 Å². The molecule has 1 amide bonds. The molecule has 3 aromatic carbocycles. The van der Waals surface area contributed by atoms with E-state index >= 15 is 0 Å². The fourth-order valence-electron chi connectivity index (χ4n) is 3.73. The normalized spacial score (nSPS) is 14.6. The quantitative estimate of drug-likeness (QED) is 0.475. The van der Waals surface area contributed by atoms with Crippen LogP contribution in [-0.2, 0) is 12.8 Å². The number of carbonyl (C=O) groups is 1. The van der Waals surface area contributed by atoms with E-state index in [2.05, 4.69) is 27.5 Å². The maximum Gasteiger partial charge on any atom is 0.291 e. The summed E-state index contributed by atoms with van der Waals surface area (Å²) in [6.07, 6.45) is 1.19. The van der Waals surface area contributed by atoms with Crippen LogP contribution in [-0.4, -0.2) is 39.9 Å². The van der Waals surface area contributed by atoms with Crippen LogP contribution in [0.4, 0.5) is 0 Å². The van der Waals surface area contributed by atoms with E-state index in [0.717, 1.165) is 17.9 Å². The third-order valence-electron chi connectivity index (χ3n) is 5.42. The van der Waals surface area contributed by atoms with Gasteiger partial charge in [0.1, 0.15) is 18.5 Å². The number of para-hydroxylation sites is 3. The van der Waals surface area contributed by atoms with E-state index in [1.54, 1.807) is 4.68 Å². The minimum atomic E-state index is -0.340. The Hall–Kier alpha value is -4.13. The van der Waals surface area contributed by atoms with Crippen molar-refractivity contribution in [1.29, 1.82) is 0 Å². The molecule has 1 aliphatic rings. The first kappa shape index (κ1) is 20.8. The van der Waals surface area contributed by atoms with Gasteiger partial charge in [0.2, 0.25) is 5.82 Å². The first-order chi connectivity index (χ1) is 16.3. The second kappa shape index (κ2) is 9.56. The third kappa shape index (κ3) is 4.87. The van der Waals surface area contributed by atoms with E-state index in [9.17, 15) is 4.79 Å². The number of nitrogens with one attached hydrogen (secondary N) is 1. The molecule has 0 aliphatic carbocycles. The Labute approximate surface area is 192 Å². The van der Waals surface area contributed by atoms with Gasteiger partial charge in [-0.1, -0.05) is 60.7 Å². The monoisotopic (exact) mass is 440 g/mol. The lowest BCUT2D eigenvalue weighted by Crippen LogP contribution is -2.41. The zero-order valence-electron chi connectivity index (χ0n) is 18.1. The molecule has 0 spiro atoms. The van der Waals surface area contributed by atoms with Crippen LogP contribution >= 0.6 is 0 Å². The Morgan fingerprint density at radius 1 is 0.909 bits per heavy atom. The zero-order chi connectivity index (χ0) is 22.5. The number of rotatable bonds is 7. The molecular formula is C26H24N4O3. The topological polar surface area (TPSA) is 78.3 Å². The van der Waals surface area contributed by atoms with E-state index in [1.807, 2.05) is 72.8 Å². The Kier molecular flexibility index (Phi) is 6.01. The van der Waals surface area contributed by atoms with Gasteiger partial charge in [-0.25, -0.2) is 9.67 Å². The number of ether oxygens (including phenoxy) is 2. The summed E-state index contributed by atoms with van der Waals surface area (Å²) in [5, 5.41) is 7.40. The highest BCUT2D eigenvalue weighted by molar-refractivity contribution is 5.90. The highest BCUT2D eigenvalue weighted by atomic mass is 16.6. The molecule has 7 nitrogen and oxygen atoms in total. The molecule has 0 radical (unpaired) electrons. The van der Waals surface area contributed by atoms with Crippen molar-refractivity contribution in [2.75, 3.05) is 13.2 Å². The van der Waals surface area contributed by atoms with Crippen LogP contribution in [0.3, 0.4) is 0 Å². The summed E-state index contributed by atoms with van der Waals surface area (Å²) in [5.74, 6) is 1.93. The van der Waals surface area contributed by atoms with Crippen molar-refractivity contribution in [2.45, 2.75) is 18.9 Å². The number of hydrogen-bond donors (Lipinski definition) is 1. The van der Waals surface area contributed by atoms with Crippen molar-refractivity contribution in [2.24, 2.45) is 0 Å². The number of hydrogen-bond acceptors (Lipinski definition) is 5. The third-order valence-corrected chi connectivity index (χ3v) is 5.42. The Morgan fingerprint density at radius 2 is 1.61 bits per heavy atom. The molecule has 0 saturated carbocycles. The number of benzene rings is 3. The first-order valence-corrected chi connectivity index (χ1v) is 11.0. The molecule has 166 valence electrons. The van der Waals surface area contributed by atoms with Gasteiger partial charge in [0.15, 0.2) is 11.5 Å². The van der Waals surface area contributed by atoms with Crippen LogP contribution in [0.1, 0.15) is 22.0 Å². The predicted molar refractivity (Wildman–Crippen MR) is 124 cm³/mol. The number of carbonyl (C=O) groups excluding carboxylic acids is 1. The Bertz CT molecular complexity index is 1220. The fourth-order valence-corrected chi connectivity index (χ4v) is 3.73. The van der Waals surface area contributed by atoms with Gasteiger partial charge in [-0.05, 0) is 36.2 Å². The van der Waals surface area contributed by atoms with E-state index < -0.39 is 0 Å². The van der Waals surface area contributed by atoms with Crippen molar-refractivity contribution < 1.29 is 14.3 Å². The second-order valence-corrected chi connectivity index (χ2v) is 7.79. The fraction of sp³-hybridized carbons (Fsp3) is 0.192. The molecule has 2 heterocycles. The van der Waals surface area contributed by atoms with Gasteiger partial charge in [0.05, 0.1) is 12.2 Å². The molecule has 5 rings (SSSR count). The Morgan fingerprint density at radius 3 is 2.39 bits per heavy atom. The van der Waals surface area contributed by atoms with Gasteiger partial charge in [0.25, 0.3) is 5.91 Å².